The zero-order chi connectivity index (χ0) is 16.1. The molecule has 21 heavy (non-hydrogen) atoms. The molecule has 0 aromatic rings. The first kappa shape index (κ1) is 18.5. The molecule has 0 aliphatic heterocycles. The fraction of sp³-hybridized carbons (Fsp3) is 0.333. The van der Waals surface area contributed by atoms with E-state index in [2.05, 4.69) is 9.47 Å². The van der Waals surface area contributed by atoms with Crippen LogP contribution in [0.3, 0.4) is 0 Å². The molecule has 0 aliphatic carbocycles. The number of aliphatic hydroxyl groups is 1. The van der Waals surface area contributed by atoms with Gasteiger partial charge in [-0.05, 0) is 0 Å². The van der Waals surface area contributed by atoms with E-state index in [1.54, 1.807) is 0 Å². The van der Waals surface area contributed by atoms with Gasteiger partial charge in [-0.15, -0.1) is 0 Å². The van der Waals surface area contributed by atoms with Crippen LogP contribution in [0.25, 0.3) is 0 Å². The fourth-order valence-electron chi connectivity index (χ4n) is 0.859. The van der Waals surface area contributed by atoms with Gasteiger partial charge in [-0.25, -0.2) is 19.2 Å². The summed E-state index contributed by atoms with van der Waals surface area (Å²) in [4.78, 5) is 43.1. The SMILES string of the molecule is O=C(O)/C=C\C(=O)OC(=O)/C=C\C(=O)OCCOCCO. The third-order valence-corrected chi connectivity index (χ3v) is 1.63. The van der Waals surface area contributed by atoms with Crippen molar-refractivity contribution in [2.24, 2.45) is 0 Å². The molecule has 0 aromatic heterocycles. The smallest absolute Gasteiger partial charge is 0.338 e. The quantitative estimate of drug-likeness (QED) is 0.233. The van der Waals surface area contributed by atoms with Crippen molar-refractivity contribution >= 4 is 23.9 Å². The summed E-state index contributed by atoms with van der Waals surface area (Å²) < 4.78 is 13.6. The van der Waals surface area contributed by atoms with Crippen molar-refractivity contribution in [2.45, 2.75) is 0 Å². The lowest BCUT2D eigenvalue weighted by atomic mass is 10.5. The van der Waals surface area contributed by atoms with E-state index in [9.17, 15) is 19.2 Å². The van der Waals surface area contributed by atoms with Crippen LogP contribution in [0.15, 0.2) is 24.3 Å². The number of hydrogen-bond acceptors (Lipinski definition) is 8. The highest BCUT2D eigenvalue weighted by molar-refractivity contribution is 6.00. The van der Waals surface area contributed by atoms with Gasteiger partial charge < -0.3 is 24.4 Å². The molecule has 0 spiro atoms. The van der Waals surface area contributed by atoms with Crippen LogP contribution in [-0.4, -0.2) is 60.5 Å². The number of carboxylic acids is 1. The first-order chi connectivity index (χ1) is 9.95. The van der Waals surface area contributed by atoms with Gasteiger partial charge in [-0.3, -0.25) is 0 Å². The maximum Gasteiger partial charge on any atom is 0.338 e. The highest BCUT2D eigenvalue weighted by atomic mass is 16.6. The molecule has 0 saturated carbocycles. The first-order valence-electron chi connectivity index (χ1n) is 5.66. The number of aliphatic hydroxyl groups excluding tert-OH is 1. The number of aliphatic carboxylic acids is 1. The van der Waals surface area contributed by atoms with Gasteiger partial charge >= 0.3 is 23.9 Å². The molecule has 0 amide bonds. The van der Waals surface area contributed by atoms with E-state index < -0.39 is 23.9 Å². The Morgan fingerprint density at radius 2 is 1.38 bits per heavy atom. The Balaban J connectivity index is 3.95. The van der Waals surface area contributed by atoms with Gasteiger partial charge in [-0.1, -0.05) is 0 Å². The summed E-state index contributed by atoms with van der Waals surface area (Å²) in [5.41, 5.74) is 0. The van der Waals surface area contributed by atoms with Crippen LogP contribution in [0.5, 0.6) is 0 Å². The molecule has 0 aromatic carbocycles. The Morgan fingerprint density at radius 1 is 0.810 bits per heavy atom. The minimum atomic E-state index is -1.37. The lowest BCUT2D eigenvalue weighted by Gasteiger charge is -2.02. The van der Waals surface area contributed by atoms with Crippen LogP contribution in [0, 0.1) is 0 Å². The molecule has 0 heterocycles. The van der Waals surface area contributed by atoms with Crippen molar-refractivity contribution in [1.82, 2.24) is 0 Å². The van der Waals surface area contributed by atoms with Crippen LogP contribution >= 0.6 is 0 Å². The Labute approximate surface area is 119 Å². The number of esters is 3. The van der Waals surface area contributed by atoms with Gasteiger partial charge in [0.1, 0.15) is 6.61 Å². The third kappa shape index (κ3) is 12.3. The predicted molar refractivity (Wildman–Crippen MR) is 65.9 cm³/mol. The zero-order valence-corrected chi connectivity index (χ0v) is 10.9. The molecule has 116 valence electrons. The number of carboxylic acid groups (broad SMARTS) is 1. The number of hydrogen-bond donors (Lipinski definition) is 2. The summed E-state index contributed by atoms with van der Waals surface area (Å²) >= 11 is 0. The van der Waals surface area contributed by atoms with Gasteiger partial charge in [-0.2, -0.15) is 0 Å². The van der Waals surface area contributed by atoms with Gasteiger partial charge in [0.05, 0.1) is 19.8 Å². The topological polar surface area (TPSA) is 136 Å². The molecule has 9 heteroatoms. The Hall–Kier alpha value is -2.52. The molecular weight excluding hydrogens is 288 g/mol. The first-order valence-corrected chi connectivity index (χ1v) is 5.66. The maximum absolute atomic E-state index is 11.1. The number of rotatable bonds is 9. The van der Waals surface area contributed by atoms with Crippen molar-refractivity contribution in [3.05, 3.63) is 24.3 Å². The van der Waals surface area contributed by atoms with Crippen LogP contribution in [0.1, 0.15) is 0 Å². The molecule has 0 radical (unpaired) electrons. The minimum Gasteiger partial charge on any atom is -0.478 e. The van der Waals surface area contributed by atoms with E-state index in [0.29, 0.717) is 18.2 Å². The normalized spacial score (nSPS) is 10.7. The van der Waals surface area contributed by atoms with Crippen molar-refractivity contribution < 1.29 is 43.6 Å². The predicted octanol–water partition coefficient (Wildman–Crippen LogP) is -1.19. The summed E-state index contributed by atoms with van der Waals surface area (Å²) in [5.74, 6) is -4.56. The third-order valence-electron chi connectivity index (χ3n) is 1.63. The molecule has 0 aliphatic rings. The molecule has 0 saturated heterocycles. The minimum absolute atomic E-state index is 0.0709. The number of ether oxygens (including phenoxy) is 3. The number of carbonyl (C=O) groups excluding carboxylic acids is 3. The molecule has 0 fully saturated rings. The van der Waals surface area contributed by atoms with Crippen molar-refractivity contribution in [2.75, 3.05) is 26.4 Å². The Bertz CT molecular complexity index is 436. The molecular formula is C12H14O9. The van der Waals surface area contributed by atoms with E-state index in [1.165, 1.54) is 0 Å². The summed E-state index contributed by atoms with van der Waals surface area (Å²) in [7, 11) is 0. The highest BCUT2D eigenvalue weighted by Crippen LogP contribution is 1.89. The molecule has 0 bridgehead atoms. The number of carbonyl (C=O) groups is 4. The average molecular weight is 302 g/mol. The standard InChI is InChI=1S/C12H14O9/c13-5-6-19-7-8-20-10(16)3-4-12(18)21-11(17)2-1-9(14)15/h1-4,13H,5-8H2,(H,14,15)/b2-1-,4-3-. The second-order valence-electron chi connectivity index (χ2n) is 3.25. The summed E-state index contributed by atoms with van der Waals surface area (Å²) in [6.45, 7) is -0.0166. The van der Waals surface area contributed by atoms with Crippen molar-refractivity contribution in [3.63, 3.8) is 0 Å². The second-order valence-corrected chi connectivity index (χ2v) is 3.25. The van der Waals surface area contributed by atoms with Gasteiger partial charge in [0, 0.05) is 24.3 Å². The monoisotopic (exact) mass is 302 g/mol. The Kier molecular flexibility index (Phi) is 9.96. The lowest BCUT2D eigenvalue weighted by molar-refractivity contribution is -0.153. The Morgan fingerprint density at radius 3 is 1.95 bits per heavy atom. The van der Waals surface area contributed by atoms with Crippen LogP contribution in [0.4, 0.5) is 0 Å². The van der Waals surface area contributed by atoms with E-state index in [0.717, 1.165) is 6.08 Å². The van der Waals surface area contributed by atoms with Crippen LogP contribution < -0.4 is 0 Å². The second kappa shape index (κ2) is 11.3. The summed E-state index contributed by atoms with van der Waals surface area (Å²) in [6, 6.07) is 0. The average Bonchev–Trinajstić information content (AvgIpc) is 2.42. The molecule has 9 nitrogen and oxygen atoms in total. The maximum atomic E-state index is 11.1. The molecule has 0 rings (SSSR count). The largest absolute Gasteiger partial charge is 0.478 e. The van der Waals surface area contributed by atoms with E-state index in [1.807, 2.05) is 0 Å². The van der Waals surface area contributed by atoms with E-state index >= 15 is 0 Å². The summed E-state index contributed by atoms with van der Waals surface area (Å²) in [5, 5.41) is 16.6. The van der Waals surface area contributed by atoms with Gasteiger partial charge in [0.25, 0.3) is 0 Å². The van der Waals surface area contributed by atoms with Gasteiger partial charge in [0.2, 0.25) is 0 Å². The van der Waals surface area contributed by atoms with E-state index in [-0.39, 0.29) is 26.4 Å². The summed E-state index contributed by atoms with van der Waals surface area (Å²) in [6.07, 6.45) is 2.44. The molecule has 0 unspecified atom stereocenters. The van der Waals surface area contributed by atoms with Crippen LogP contribution in [0.2, 0.25) is 0 Å². The van der Waals surface area contributed by atoms with Crippen molar-refractivity contribution in [3.8, 4) is 0 Å². The van der Waals surface area contributed by atoms with Crippen molar-refractivity contribution in [1.29, 1.82) is 0 Å². The molecule has 2 N–H and O–H groups in total. The highest BCUT2D eigenvalue weighted by Gasteiger charge is 2.05. The van der Waals surface area contributed by atoms with Gasteiger partial charge in [0.15, 0.2) is 0 Å². The fourth-order valence-corrected chi connectivity index (χ4v) is 0.859. The molecule has 0 atom stereocenters. The van der Waals surface area contributed by atoms with E-state index in [4.69, 9.17) is 14.9 Å². The zero-order valence-electron chi connectivity index (χ0n) is 10.9. The lowest BCUT2D eigenvalue weighted by Crippen LogP contribution is -2.11. The van der Waals surface area contributed by atoms with Crippen LogP contribution in [-0.2, 0) is 33.4 Å².